The molecule has 1 aromatic carbocycles. The molecule has 1 saturated carbocycles. The molecule has 2 aliphatic heterocycles. The highest BCUT2D eigenvalue weighted by atomic mass is 19.1. The van der Waals surface area contributed by atoms with Crippen LogP contribution in [0.2, 0.25) is 0 Å². The van der Waals surface area contributed by atoms with Crippen molar-refractivity contribution in [2.45, 2.75) is 37.5 Å². The highest BCUT2D eigenvalue weighted by molar-refractivity contribution is 5.68. The molecule has 4 rings (SSSR count). The number of hydrogen-bond acceptors (Lipinski definition) is 3. The van der Waals surface area contributed by atoms with Crippen molar-refractivity contribution in [3.63, 3.8) is 0 Å². The van der Waals surface area contributed by atoms with Gasteiger partial charge in [-0.2, -0.15) is 0 Å². The summed E-state index contributed by atoms with van der Waals surface area (Å²) in [5, 5.41) is 19.8. The SMILES string of the molecule is CC12CC(C1)[C@H](C(O)c1cccc(N)c1F)N2C(=O)O. The number of benzene rings is 1. The zero-order valence-corrected chi connectivity index (χ0v) is 11.1. The van der Waals surface area contributed by atoms with Gasteiger partial charge in [0, 0.05) is 11.1 Å². The predicted molar refractivity (Wildman–Crippen MR) is 70.6 cm³/mol. The van der Waals surface area contributed by atoms with Crippen molar-refractivity contribution in [3.05, 3.63) is 29.6 Å². The van der Waals surface area contributed by atoms with E-state index >= 15 is 0 Å². The number of nitrogen functional groups attached to an aromatic ring is 1. The van der Waals surface area contributed by atoms with Gasteiger partial charge >= 0.3 is 6.09 Å². The molecule has 3 aliphatic rings. The summed E-state index contributed by atoms with van der Waals surface area (Å²) in [6.07, 6.45) is -0.833. The minimum atomic E-state index is -1.19. The molecule has 0 spiro atoms. The minimum Gasteiger partial charge on any atom is -0.465 e. The van der Waals surface area contributed by atoms with E-state index in [0.29, 0.717) is 12.8 Å². The molecule has 1 aliphatic carbocycles. The zero-order chi connectivity index (χ0) is 14.7. The third kappa shape index (κ3) is 1.61. The largest absolute Gasteiger partial charge is 0.465 e. The highest BCUT2D eigenvalue weighted by Gasteiger charge is 2.63. The van der Waals surface area contributed by atoms with E-state index in [1.807, 2.05) is 6.92 Å². The first-order valence-electron chi connectivity index (χ1n) is 6.59. The number of carboxylic acid groups (broad SMARTS) is 1. The summed E-state index contributed by atoms with van der Waals surface area (Å²) in [7, 11) is 0. The van der Waals surface area contributed by atoms with Crippen LogP contribution in [-0.2, 0) is 0 Å². The minimum absolute atomic E-state index is 0.0417. The van der Waals surface area contributed by atoms with Crippen molar-refractivity contribution in [1.29, 1.82) is 0 Å². The third-order valence-electron chi connectivity index (χ3n) is 4.67. The lowest BCUT2D eigenvalue weighted by Crippen LogP contribution is -2.47. The molecule has 5 nitrogen and oxygen atoms in total. The van der Waals surface area contributed by atoms with Gasteiger partial charge < -0.3 is 15.9 Å². The lowest BCUT2D eigenvalue weighted by Gasteiger charge is -2.37. The quantitative estimate of drug-likeness (QED) is 0.723. The summed E-state index contributed by atoms with van der Waals surface area (Å²) < 4.78 is 14.0. The molecule has 108 valence electrons. The maximum Gasteiger partial charge on any atom is 0.408 e. The molecule has 3 fully saturated rings. The number of amides is 1. The lowest BCUT2D eigenvalue weighted by atomic mass is 9.72. The van der Waals surface area contributed by atoms with Crippen LogP contribution in [0.5, 0.6) is 0 Å². The van der Waals surface area contributed by atoms with Crippen molar-refractivity contribution in [1.82, 2.24) is 4.90 Å². The number of anilines is 1. The van der Waals surface area contributed by atoms with Gasteiger partial charge in [-0.05, 0) is 31.7 Å². The fourth-order valence-electron chi connectivity index (χ4n) is 3.82. The molecule has 1 aromatic rings. The van der Waals surface area contributed by atoms with Crippen molar-refractivity contribution in [2.75, 3.05) is 5.73 Å². The second kappa shape index (κ2) is 4.09. The van der Waals surface area contributed by atoms with Crippen molar-refractivity contribution in [3.8, 4) is 0 Å². The third-order valence-corrected chi connectivity index (χ3v) is 4.67. The van der Waals surface area contributed by atoms with E-state index in [9.17, 15) is 19.4 Å². The van der Waals surface area contributed by atoms with Crippen LogP contribution >= 0.6 is 0 Å². The van der Waals surface area contributed by atoms with Crippen LogP contribution in [0.4, 0.5) is 14.9 Å². The molecule has 2 heterocycles. The number of aliphatic hydroxyl groups is 1. The predicted octanol–water partition coefficient (Wildman–Crippen LogP) is 1.97. The Morgan fingerprint density at radius 3 is 2.80 bits per heavy atom. The van der Waals surface area contributed by atoms with Gasteiger partial charge in [0.25, 0.3) is 0 Å². The fourth-order valence-corrected chi connectivity index (χ4v) is 3.82. The second-order valence-corrected chi connectivity index (χ2v) is 6.00. The maximum atomic E-state index is 14.0. The van der Waals surface area contributed by atoms with Gasteiger partial charge in [0.2, 0.25) is 0 Å². The Balaban J connectivity index is 1.97. The van der Waals surface area contributed by atoms with E-state index in [2.05, 4.69) is 0 Å². The van der Waals surface area contributed by atoms with Gasteiger partial charge in [0.15, 0.2) is 5.82 Å². The van der Waals surface area contributed by atoms with Gasteiger partial charge in [0.05, 0.1) is 11.7 Å². The van der Waals surface area contributed by atoms with Crippen molar-refractivity contribution in [2.24, 2.45) is 5.92 Å². The second-order valence-electron chi connectivity index (χ2n) is 6.00. The molecular formula is C14H17FN2O3. The standard InChI is InChI=1S/C14H17FN2O3/c1-14-5-7(6-14)11(17(14)13(19)20)12(18)8-3-2-4-9(16)10(8)15/h2-4,7,11-12,18H,5-6,16H2,1H3,(H,19,20)/t7?,11-,12?,14?/m1/s1. The van der Waals surface area contributed by atoms with E-state index in [4.69, 9.17) is 5.73 Å². The van der Waals surface area contributed by atoms with Gasteiger partial charge in [-0.15, -0.1) is 0 Å². The summed E-state index contributed by atoms with van der Waals surface area (Å²) in [5.74, 6) is -0.591. The van der Waals surface area contributed by atoms with E-state index in [0.717, 1.165) is 0 Å². The summed E-state index contributed by atoms with van der Waals surface area (Å²) in [5.41, 5.74) is 5.10. The van der Waals surface area contributed by atoms with Gasteiger partial charge in [-0.3, -0.25) is 4.90 Å². The first kappa shape index (κ1) is 13.2. The van der Waals surface area contributed by atoms with E-state index in [1.54, 1.807) is 6.07 Å². The Morgan fingerprint density at radius 1 is 1.55 bits per heavy atom. The molecule has 20 heavy (non-hydrogen) atoms. The molecule has 2 atom stereocenters. The Morgan fingerprint density at radius 2 is 2.20 bits per heavy atom. The van der Waals surface area contributed by atoms with Crippen LogP contribution in [0.3, 0.4) is 0 Å². The molecule has 0 radical (unpaired) electrons. The van der Waals surface area contributed by atoms with Gasteiger partial charge in [-0.1, -0.05) is 12.1 Å². The van der Waals surface area contributed by atoms with Crippen molar-refractivity contribution < 1.29 is 19.4 Å². The number of nitrogens with zero attached hydrogens (tertiary/aromatic N) is 1. The Kier molecular flexibility index (Phi) is 2.69. The van der Waals surface area contributed by atoms with Crippen molar-refractivity contribution >= 4 is 11.8 Å². The van der Waals surface area contributed by atoms with Gasteiger partial charge in [-0.25, -0.2) is 9.18 Å². The van der Waals surface area contributed by atoms with Crippen LogP contribution in [0, 0.1) is 11.7 Å². The summed E-state index contributed by atoms with van der Waals surface area (Å²) in [4.78, 5) is 12.7. The number of aliphatic hydroxyl groups excluding tert-OH is 1. The first-order valence-corrected chi connectivity index (χ1v) is 6.59. The molecule has 4 N–H and O–H groups in total. The van der Waals surface area contributed by atoms with Crippen LogP contribution in [0.25, 0.3) is 0 Å². The Labute approximate surface area is 115 Å². The normalized spacial score (nSPS) is 32.9. The summed E-state index contributed by atoms with van der Waals surface area (Å²) in [6.45, 7) is 1.86. The number of carbonyl (C=O) groups is 1. The average Bonchev–Trinajstić information content (AvgIpc) is 2.80. The smallest absolute Gasteiger partial charge is 0.408 e. The number of rotatable bonds is 2. The molecular weight excluding hydrogens is 263 g/mol. The molecule has 0 aromatic heterocycles. The number of hydrogen-bond donors (Lipinski definition) is 3. The molecule has 1 amide bonds. The number of nitrogens with two attached hydrogens (primary N) is 1. The highest BCUT2D eigenvalue weighted by Crippen LogP contribution is 2.57. The van der Waals surface area contributed by atoms with Crippen LogP contribution < -0.4 is 5.73 Å². The van der Waals surface area contributed by atoms with E-state index < -0.39 is 29.6 Å². The van der Waals surface area contributed by atoms with Crippen LogP contribution in [0.15, 0.2) is 18.2 Å². The maximum absolute atomic E-state index is 14.0. The van der Waals surface area contributed by atoms with Gasteiger partial charge in [0.1, 0.15) is 6.10 Å². The molecule has 2 saturated heterocycles. The topological polar surface area (TPSA) is 86.8 Å². The number of fused-ring (bicyclic) bond motifs is 1. The molecule has 6 heteroatoms. The number of halogens is 1. The fraction of sp³-hybridized carbons (Fsp3) is 0.500. The monoisotopic (exact) mass is 280 g/mol. The summed E-state index contributed by atoms with van der Waals surface area (Å²) >= 11 is 0. The van der Waals surface area contributed by atoms with Crippen LogP contribution in [-0.4, -0.2) is 32.8 Å². The Bertz CT molecular complexity index is 572. The summed E-state index contributed by atoms with van der Waals surface area (Å²) in [6, 6.07) is 3.82. The Hall–Kier alpha value is -1.82. The lowest BCUT2D eigenvalue weighted by molar-refractivity contribution is 0.0499. The average molecular weight is 280 g/mol. The van der Waals surface area contributed by atoms with Crippen LogP contribution in [0.1, 0.15) is 31.4 Å². The zero-order valence-electron chi connectivity index (χ0n) is 11.1. The molecule has 2 bridgehead atoms. The molecule has 1 unspecified atom stereocenters. The van der Waals surface area contributed by atoms with E-state index in [-0.39, 0.29) is 17.2 Å². The first-order chi connectivity index (χ1) is 9.35. The van der Waals surface area contributed by atoms with E-state index in [1.165, 1.54) is 17.0 Å².